The summed E-state index contributed by atoms with van der Waals surface area (Å²) in [6, 6.07) is 12.5. The Bertz CT molecular complexity index is 987. The van der Waals surface area contributed by atoms with Crippen LogP contribution in [0.25, 0.3) is 0 Å². The van der Waals surface area contributed by atoms with E-state index in [2.05, 4.69) is 5.32 Å². The van der Waals surface area contributed by atoms with Crippen molar-refractivity contribution in [3.05, 3.63) is 70.5 Å². The number of rotatable bonds is 4. The molecule has 0 atom stereocenters. The van der Waals surface area contributed by atoms with Crippen LogP contribution in [0.4, 0.5) is 9.18 Å². The van der Waals surface area contributed by atoms with E-state index in [1.165, 1.54) is 17.0 Å². The molecule has 0 radical (unpaired) electrons. The lowest BCUT2D eigenvalue weighted by Gasteiger charge is -2.37. The van der Waals surface area contributed by atoms with Crippen molar-refractivity contribution >= 4 is 29.4 Å². The fourth-order valence-corrected chi connectivity index (χ4v) is 4.18. The third-order valence-corrected chi connectivity index (χ3v) is 6.14. The zero-order valence-electron chi connectivity index (χ0n) is 16.2. The van der Waals surface area contributed by atoms with Crippen LogP contribution in [0.15, 0.2) is 48.5 Å². The molecule has 4 rings (SSSR count). The van der Waals surface area contributed by atoms with Crippen molar-refractivity contribution in [1.82, 2.24) is 15.1 Å². The minimum Gasteiger partial charge on any atom is -0.342 e. The summed E-state index contributed by atoms with van der Waals surface area (Å²) in [4.78, 5) is 41.0. The molecule has 8 heteroatoms. The third kappa shape index (κ3) is 3.89. The SMILES string of the molecule is O=C(Cc1ccc(F)cc1)N1CCC2(CC1)NC(=O)N(Cc1ccccc1Cl)C2=O. The van der Waals surface area contributed by atoms with Gasteiger partial charge in [-0.25, -0.2) is 9.18 Å². The highest BCUT2D eigenvalue weighted by Crippen LogP contribution is 2.31. The lowest BCUT2D eigenvalue weighted by molar-refractivity contribution is -0.138. The average molecular weight is 430 g/mol. The summed E-state index contributed by atoms with van der Waals surface area (Å²) in [5.74, 6) is -0.706. The second kappa shape index (κ2) is 8.07. The van der Waals surface area contributed by atoms with Crippen LogP contribution in [0, 0.1) is 5.82 Å². The molecule has 4 amide bonds. The summed E-state index contributed by atoms with van der Waals surface area (Å²) in [6.45, 7) is 0.845. The van der Waals surface area contributed by atoms with Crippen LogP contribution in [0.5, 0.6) is 0 Å². The molecule has 0 aromatic heterocycles. The van der Waals surface area contributed by atoms with E-state index in [9.17, 15) is 18.8 Å². The summed E-state index contributed by atoms with van der Waals surface area (Å²) in [5, 5.41) is 3.34. The largest absolute Gasteiger partial charge is 0.342 e. The maximum Gasteiger partial charge on any atom is 0.325 e. The van der Waals surface area contributed by atoms with Gasteiger partial charge in [-0.2, -0.15) is 0 Å². The Hall–Kier alpha value is -2.93. The fourth-order valence-electron chi connectivity index (χ4n) is 3.98. The highest BCUT2D eigenvalue weighted by atomic mass is 35.5. The predicted octanol–water partition coefficient (Wildman–Crippen LogP) is 3.13. The van der Waals surface area contributed by atoms with Crippen molar-refractivity contribution in [2.75, 3.05) is 13.1 Å². The number of carbonyl (C=O) groups is 3. The van der Waals surface area contributed by atoms with Gasteiger partial charge in [0.1, 0.15) is 11.4 Å². The standard InChI is InChI=1S/C22H21ClFN3O3/c23-18-4-2-1-3-16(18)14-27-20(29)22(25-21(27)30)9-11-26(12-10-22)19(28)13-15-5-7-17(24)8-6-15/h1-8H,9-14H2,(H,25,30). The molecule has 0 saturated carbocycles. The molecule has 1 N–H and O–H groups in total. The van der Waals surface area contributed by atoms with Crippen molar-refractivity contribution in [3.8, 4) is 0 Å². The highest BCUT2D eigenvalue weighted by molar-refractivity contribution is 6.31. The van der Waals surface area contributed by atoms with Crippen molar-refractivity contribution < 1.29 is 18.8 Å². The summed E-state index contributed by atoms with van der Waals surface area (Å²) in [5.41, 5.74) is 0.454. The molecule has 2 heterocycles. The van der Waals surface area contributed by atoms with Crippen molar-refractivity contribution in [1.29, 1.82) is 0 Å². The van der Waals surface area contributed by atoms with Gasteiger partial charge in [0.2, 0.25) is 5.91 Å². The Morgan fingerprint density at radius 3 is 2.40 bits per heavy atom. The Morgan fingerprint density at radius 2 is 1.73 bits per heavy atom. The quantitative estimate of drug-likeness (QED) is 0.759. The number of imide groups is 1. The Kier molecular flexibility index (Phi) is 5.47. The van der Waals surface area contributed by atoms with E-state index in [4.69, 9.17) is 11.6 Å². The number of nitrogens with zero attached hydrogens (tertiary/aromatic N) is 2. The molecule has 0 bridgehead atoms. The molecule has 2 fully saturated rings. The van der Waals surface area contributed by atoms with Crippen LogP contribution in [0.2, 0.25) is 5.02 Å². The van der Waals surface area contributed by atoms with Crippen LogP contribution < -0.4 is 5.32 Å². The zero-order valence-corrected chi connectivity index (χ0v) is 17.0. The molecule has 30 heavy (non-hydrogen) atoms. The number of carbonyl (C=O) groups excluding carboxylic acids is 3. The van der Waals surface area contributed by atoms with Crippen molar-refractivity contribution in [2.24, 2.45) is 0 Å². The number of piperidine rings is 1. The van der Waals surface area contributed by atoms with Gasteiger partial charge in [0.05, 0.1) is 13.0 Å². The maximum atomic E-state index is 13.1. The Labute approximate surface area is 178 Å². The normalized spacial score (nSPS) is 18.1. The third-order valence-electron chi connectivity index (χ3n) is 5.77. The monoisotopic (exact) mass is 429 g/mol. The molecule has 2 aliphatic rings. The van der Waals surface area contributed by atoms with Gasteiger partial charge in [-0.1, -0.05) is 41.9 Å². The van der Waals surface area contributed by atoms with Crippen molar-refractivity contribution in [2.45, 2.75) is 31.3 Å². The smallest absolute Gasteiger partial charge is 0.325 e. The van der Waals surface area contributed by atoms with Gasteiger partial charge in [-0.05, 0) is 42.2 Å². The van der Waals surface area contributed by atoms with Gasteiger partial charge in [-0.3, -0.25) is 14.5 Å². The lowest BCUT2D eigenvalue weighted by Crippen LogP contribution is -2.56. The number of hydrogen-bond donors (Lipinski definition) is 1. The molecule has 1 spiro atoms. The molecule has 0 unspecified atom stereocenters. The molecule has 2 aliphatic heterocycles. The summed E-state index contributed by atoms with van der Waals surface area (Å²) < 4.78 is 13.0. The first-order valence-corrected chi connectivity index (χ1v) is 10.2. The summed E-state index contributed by atoms with van der Waals surface area (Å²) in [7, 11) is 0. The first-order valence-electron chi connectivity index (χ1n) is 9.78. The van der Waals surface area contributed by atoms with E-state index in [1.807, 2.05) is 0 Å². The van der Waals surface area contributed by atoms with Crippen molar-refractivity contribution in [3.63, 3.8) is 0 Å². The maximum absolute atomic E-state index is 13.1. The molecule has 0 aliphatic carbocycles. The van der Waals surface area contributed by atoms with Crippen LogP contribution in [-0.4, -0.2) is 46.3 Å². The van der Waals surface area contributed by atoms with Gasteiger partial charge < -0.3 is 10.2 Å². The van der Waals surface area contributed by atoms with E-state index < -0.39 is 11.6 Å². The number of nitrogens with one attached hydrogen (secondary N) is 1. The number of hydrogen-bond acceptors (Lipinski definition) is 3. The molecule has 2 saturated heterocycles. The lowest BCUT2D eigenvalue weighted by atomic mass is 9.87. The van der Waals surface area contributed by atoms with E-state index in [-0.39, 0.29) is 30.6 Å². The number of amides is 4. The zero-order chi connectivity index (χ0) is 21.3. The van der Waals surface area contributed by atoms with E-state index in [1.54, 1.807) is 41.3 Å². The number of likely N-dealkylation sites (tertiary alicyclic amines) is 1. The van der Waals surface area contributed by atoms with Gasteiger partial charge in [0, 0.05) is 18.1 Å². The molecular formula is C22H21ClFN3O3. The summed E-state index contributed by atoms with van der Waals surface area (Å²) >= 11 is 6.17. The first-order chi connectivity index (χ1) is 14.4. The molecule has 2 aromatic rings. The fraction of sp³-hybridized carbons (Fsp3) is 0.318. The molecule has 156 valence electrons. The van der Waals surface area contributed by atoms with E-state index in [0.717, 1.165) is 5.56 Å². The number of halogens is 2. The predicted molar refractivity (Wildman–Crippen MR) is 109 cm³/mol. The second-order valence-electron chi connectivity index (χ2n) is 7.68. The van der Waals surface area contributed by atoms with Gasteiger partial charge in [0.25, 0.3) is 5.91 Å². The second-order valence-corrected chi connectivity index (χ2v) is 8.09. The van der Waals surface area contributed by atoms with Crippen LogP contribution in [0.1, 0.15) is 24.0 Å². The van der Waals surface area contributed by atoms with E-state index in [0.29, 0.717) is 36.5 Å². The van der Waals surface area contributed by atoms with Crippen LogP contribution >= 0.6 is 11.6 Å². The molecule has 6 nitrogen and oxygen atoms in total. The topological polar surface area (TPSA) is 69.7 Å². The Morgan fingerprint density at radius 1 is 1.07 bits per heavy atom. The first kappa shape index (κ1) is 20.3. The van der Waals surface area contributed by atoms with Gasteiger partial charge in [-0.15, -0.1) is 0 Å². The van der Waals surface area contributed by atoms with Crippen LogP contribution in [-0.2, 0) is 22.6 Å². The van der Waals surface area contributed by atoms with Gasteiger partial charge >= 0.3 is 6.03 Å². The Balaban J connectivity index is 1.39. The molecule has 2 aromatic carbocycles. The van der Waals surface area contributed by atoms with Crippen LogP contribution in [0.3, 0.4) is 0 Å². The summed E-state index contributed by atoms with van der Waals surface area (Å²) in [6.07, 6.45) is 0.879. The van der Waals surface area contributed by atoms with E-state index >= 15 is 0 Å². The van der Waals surface area contributed by atoms with Gasteiger partial charge in [0.15, 0.2) is 0 Å². The number of benzene rings is 2. The average Bonchev–Trinajstić information content (AvgIpc) is 2.96. The highest BCUT2D eigenvalue weighted by Gasteiger charge is 2.52. The molecular weight excluding hydrogens is 409 g/mol. The minimum absolute atomic E-state index is 0.0823. The number of urea groups is 1. The minimum atomic E-state index is -0.981.